The molecule has 0 aromatic rings. The molecule has 0 saturated heterocycles. The molecule has 0 unspecified atom stereocenters. The fourth-order valence-corrected chi connectivity index (χ4v) is 3.68. The van der Waals surface area contributed by atoms with E-state index in [-0.39, 0.29) is 5.91 Å². The van der Waals surface area contributed by atoms with Gasteiger partial charge in [0.1, 0.15) is 0 Å². The maximum absolute atomic E-state index is 12.0. The second-order valence-corrected chi connectivity index (χ2v) is 7.77. The van der Waals surface area contributed by atoms with E-state index in [0.29, 0.717) is 18.5 Å². The normalized spacial score (nSPS) is 26.5. The second-order valence-electron chi connectivity index (χ2n) is 6.30. The summed E-state index contributed by atoms with van der Waals surface area (Å²) in [6, 6.07) is 1.02. The van der Waals surface area contributed by atoms with Crippen LogP contribution in [-0.4, -0.2) is 47.7 Å². The fraction of sp³-hybridized carbons (Fsp3) is 0.929. The number of amides is 1. The van der Waals surface area contributed by atoms with Gasteiger partial charge in [0.05, 0.1) is 0 Å². The maximum atomic E-state index is 12.0. The molecule has 0 spiro atoms. The molecule has 0 aromatic heterocycles. The van der Waals surface area contributed by atoms with E-state index in [1.807, 2.05) is 6.92 Å². The van der Waals surface area contributed by atoms with Gasteiger partial charge in [-0.15, -0.1) is 22.0 Å². The van der Waals surface area contributed by atoms with Crippen LogP contribution in [0.2, 0.25) is 0 Å². The highest BCUT2D eigenvalue weighted by atomic mass is 32.2. The van der Waals surface area contributed by atoms with Gasteiger partial charge >= 0.3 is 0 Å². The zero-order valence-corrected chi connectivity index (χ0v) is 14.5. The summed E-state index contributed by atoms with van der Waals surface area (Å²) in [4.78, 5) is 13.7. The highest BCUT2D eigenvalue weighted by Gasteiger charge is 2.27. The van der Waals surface area contributed by atoms with Gasteiger partial charge in [0, 0.05) is 18.5 Å². The van der Waals surface area contributed by atoms with Gasteiger partial charge in [-0.05, 0) is 69.3 Å². The molecule has 0 aromatic carbocycles. The van der Waals surface area contributed by atoms with Crippen LogP contribution in [0.25, 0.3) is 0 Å². The van der Waals surface area contributed by atoms with Crippen LogP contribution in [-0.2, 0) is 4.79 Å². The molecule has 1 N–H and O–H groups in total. The number of nitrogens with zero attached hydrogens (tertiary/aromatic N) is 5. The topological polar surface area (TPSA) is 81.8 Å². The summed E-state index contributed by atoms with van der Waals surface area (Å²) in [5.74, 6) is 0.990. The van der Waals surface area contributed by atoms with Crippen molar-refractivity contribution in [2.45, 2.75) is 62.5 Å². The third-order valence-corrected chi connectivity index (χ3v) is 5.42. The maximum Gasteiger partial charge on any atom is 0.237 e. The Kier molecular flexibility index (Phi) is 6.31. The van der Waals surface area contributed by atoms with Crippen molar-refractivity contribution in [2.24, 2.45) is 20.7 Å². The summed E-state index contributed by atoms with van der Waals surface area (Å²) in [7, 11) is 4.26. The van der Waals surface area contributed by atoms with E-state index in [1.165, 1.54) is 12.8 Å². The number of thioether (sulfide) groups is 1. The summed E-state index contributed by atoms with van der Waals surface area (Å²) in [5, 5.41) is 18.1. The molecule has 1 fully saturated rings. The Balaban J connectivity index is 1.57. The number of nitrogens with one attached hydrogen (secondary N) is 1. The van der Waals surface area contributed by atoms with Crippen LogP contribution in [0.1, 0.15) is 45.4 Å². The standard InChI is InChI=1S/C14H26N6OS/c1-14(16-18-19-17-14)22-10-4-5-13(21)15-11-6-8-12(9-7-11)20(2)3/h11-12H,4-10H2,1-3H3,(H,15,21). The van der Waals surface area contributed by atoms with Gasteiger partial charge < -0.3 is 10.2 Å². The van der Waals surface area contributed by atoms with Crippen LogP contribution in [0.5, 0.6) is 0 Å². The van der Waals surface area contributed by atoms with Crippen LogP contribution in [0.4, 0.5) is 0 Å². The van der Waals surface area contributed by atoms with Crippen LogP contribution >= 0.6 is 11.8 Å². The number of hydrogen-bond acceptors (Lipinski definition) is 7. The Bertz CT molecular complexity index is 419. The smallest absolute Gasteiger partial charge is 0.237 e. The van der Waals surface area contributed by atoms with Crippen LogP contribution in [0.15, 0.2) is 20.7 Å². The summed E-state index contributed by atoms with van der Waals surface area (Å²) in [6.45, 7) is 1.88. The van der Waals surface area contributed by atoms with Gasteiger partial charge in [0.2, 0.25) is 10.9 Å². The van der Waals surface area contributed by atoms with E-state index in [2.05, 4.69) is 45.0 Å². The molecule has 1 heterocycles. The molecule has 2 aliphatic rings. The number of rotatable bonds is 7. The number of carbonyl (C=O) groups excluding carboxylic acids is 1. The molecular weight excluding hydrogens is 300 g/mol. The SMILES string of the molecule is CN(C)C1CCC(NC(=O)CCCSC2(C)N=NN=N2)CC1. The van der Waals surface area contributed by atoms with E-state index >= 15 is 0 Å². The molecule has 2 rings (SSSR count). The summed E-state index contributed by atoms with van der Waals surface area (Å²) in [6.07, 6.45) is 5.89. The largest absolute Gasteiger partial charge is 0.353 e. The van der Waals surface area contributed by atoms with Crippen molar-refractivity contribution in [3.8, 4) is 0 Å². The van der Waals surface area contributed by atoms with E-state index in [1.54, 1.807) is 11.8 Å². The molecule has 1 aliphatic carbocycles. The van der Waals surface area contributed by atoms with E-state index in [0.717, 1.165) is 25.0 Å². The molecule has 22 heavy (non-hydrogen) atoms. The van der Waals surface area contributed by atoms with Crippen molar-refractivity contribution in [2.75, 3.05) is 19.8 Å². The Morgan fingerprint density at radius 3 is 2.45 bits per heavy atom. The van der Waals surface area contributed by atoms with Gasteiger partial charge in [-0.2, -0.15) is 0 Å². The minimum Gasteiger partial charge on any atom is -0.353 e. The second kappa shape index (κ2) is 8.01. The number of hydrogen-bond donors (Lipinski definition) is 1. The van der Waals surface area contributed by atoms with Crippen LogP contribution in [0.3, 0.4) is 0 Å². The molecule has 0 atom stereocenters. The first-order valence-electron chi connectivity index (χ1n) is 7.92. The number of carbonyl (C=O) groups is 1. The highest BCUT2D eigenvalue weighted by Crippen LogP contribution is 2.32. The molecule has 1 amide bonds. The molecule has 1 saturated carbocycles. The lowest BCUT2D eigenvalue weighted by atomic mass is 9.90. The Morgan fingerprint density at radius 1 is 1.23 bits per heavy atom. The van der Waals surface area contributed by atoms with E-state index in [9.17, 15) is 4.79 Å². The quantitative estimate of drug-likeness (QED) is 0.730. The molecule has 0 bridgehead atoms. The van der Waals surface area contributed by atoms with Gasteiger partial charge in [-0.1, -0.05) is 0 Å². The van der Waals surface area contributed by atoms with E-state index < -0.39 is 4.99 Å². The van der Waals surface area contributed by atoms with E-state index in [4.69, 9.17) is 0 Å². The average Bonchev–Trinajstić information content (AvgIpc) is 2.91. The van der Waals surface area contributed by atoms with Gasteiger partial charge in [0.15, 0.2) is 0 Å². The zero-order chi connectivity index (χ0) is 16.0. The summed E-state index contributed by atoms with van der Waals surface area (Å²) < 4.78 is 0. The van der Waals surface area contributed by atoms with Crippen molar-refractivity contribution < 1.29 is 4.79 Å². The first-order valence-corrected chi connectivity index (χ1v) is 8.91. The molecular formula is C14H26N6OS. The monoisotopic (exact) mass is 326 g/mol. The lowest BCUT2D eigenvalue weighted by Crippen LogP contribution is -2.41. The first-order chi connectivity index (χ1) is 10.5. The molecule has 1 aliphatic heterocycles. The van der Waals surface area contributed by atoms with Crippen molar-refractivity contribution in [3.05, 3.63) is 0 Å². The van der Waals surface area contributed by atoms with Crippen molar-refractivity contribution >= 4 is 17.7 Å². The van der Waals surface area contributed by atoms with Gasteiger partial charge in [-0.3, -0.25) is 4.79 Å². The van der Waals surface area contributed by atoms with Crippen molar-refractivity contribution in [1.29, 1.82) is 0 Å². The highest BCUT2D eigenvalue weighted by molar-refractivity contribution is 8.00. The predicted molar refractivity (Wildman–Crippen MR) is 87.7 cm³/mol. The lowest BCUT2D eigenvalue weighted by molar-refractivity contribution is -0.122. The summed E-state index contributed by atoms with van der Waals surface area (Å²) in [5.41, 5.74) is 0. The molecule has 124 valence electrons. The zero-order valence-electron chi connectivity index (χ0n) is 13.7. The third kappa shape index (κ3) is 5.31. The van der Waals surface area contributed by atoms with Crippen LogP contribution in [0, 0.1) is 0 Å². The molecule has 7 nitrogen and oxygen atoms in total. The van der Waals surface area contributed by atoms with Gasteiger partial charge in [0.25, 0.3) is 0 Å². The molecule has 0 radical (unpaired) electrons. The molecule has 8 heteroatoms. The lowest BCUT2D eigenvalue weighted by Gasteiger charge is -2.33. The third-order valence-electron chi connectivity index (χ3n) is 4.22. The minimum absolute atomic E-state index is 0.161. The first kappa shape index (κ1) is 17.3. The fourth-order valence-electron chi connectivity index (χ4n) is 2.82. The average molecular weight is 326 g/mol. The predicted octanol–water partition coefficient (Wildman–Crippen LogP) is 3.00. The summed E-state index contributed by atoms with van der Waals surface area (Å²) >= 11 is 1.57. The van der Waals surface area contributed by atoms with Crippen LogP contribution < -0.4 is 5.32 Å². The van der Waals surface area contributed by atoms with Crippen molar-refractivity contribution in [1.82, 2.24) is 10.2 Å². The van der Waals surface area contributed by atoms with Gasteiger partial charge in [-0.25, -0.2) is 0 Å². The Morgan fingerprint density at radius 2 is 1.86 bits per heavy atom. The Hall–Kier alpha value is -1.02. The van der Waals surface area contributed by atoms with Crippen molar-refractivity contribution in [3.63, 3.8) is 0 Å². The minimum atomic E-state index is -0.582. The Labute approximate surface area is 136 Å².